The molecule has 30 heavy (non-hydrogen) atoms. The number of carbonyl (C=O) groups excluding carboxylic acids is 2. The molecular weight excluding hydrogens is 396 g/mol. The van der Waals surface area contributed by atoms with Crippen LogP contribution < -0.4 is 0 Å². The molecule has 0 bridgehead atoms. The molecule has 0 aliphatic carbocycles. The van der Waals surface area contributed by atoms with Crippen LogP contribution in [0, 0.1) is 12.8 Å². The van der Waals surface area contributed by atoms with Gasteiger partial charge < -0.3 is 14.5 Å². The maximum absolute atomic E-state index is 13.5. The smallest absolute Gasteiger partial charge is 0.242 e. The zero-order valence-electron chi connectivity index (χ0n) is 18.4. The molecule has 0 spiro atoms. The van der Waals surface area contributed by atoms with E-state index in [9.17, 15) is 9.59 Å². The standard InChI is InChI=1S/C24H32N2O3S/c1-17(2)24(28)25(12-7-14-29-4)16-22(27)26-13-10-21-20(11-15-30-21)23(26)19-9-6-5-8-18(19)3/h5-6,8-9,11,15,17,23H,7,10,12-14,16H2,1-4H3/t23-/m0/s1. The van der Waals surface area contributed by atoms with Crippen molar-refractivity contribution in [1.82, 2.24) is 9.80 Å². The predicted molar refractivity (Wildman–Crippen MR) is 121 cm³/mol. The number of benzene rings is 1. The summed E-state index contributed by atoms with van der Waals surface area (Å²) in [4.78, 5) is 31.2. The Morgan fingerprint density at radius 1 is 1.23 bits per heavy atom. The first-order valence-corrected chi connectivity index (χ1v) is 11.5. The highest BCUT2D eigenvalue weighted by atomic mass is 32.1. The molecule has 5 nitrogen and oxygen atoms in total. The van der Waals surface area contributed by atoms with E-state index in [-0.39, 0.29) is 30.3 Å². The largest absolute Gasteiger partial charge is 0.385 e. The molecule has 0 fully saturated rings. The van der Waals surface area contributed by atoms with Crippen molar-refractivity contribution in [3.8, 4) is 0 Å². The molecule has 1 atom stereocenters. The molecule has 0 radical (unpaired) electrons. The lowest BCUT2D eigenvalue weighted by molar-refractivity contribution is -0.143. The van der Waals surface area contributed by atoms with E-state index in [1.165, 1.54) is 16.0 Å². The highest BCUT2D eigenvalue weighted by Crippen LogP contribution is 2.39. The number of methoxy groups -OCH3 is 1. The van der Waals surface area contributed by atoms with E-state index in [0.717, 1.165) is 18.4 Å². The lowest BCUT2D eigenvalue weighted by Crippen LogP contribution is -2.48. The first-order chi connectivity index (χ1) is 14.4. The summed E-state index contributed by atoms with van der Waals surface area (Å²) in [5.74, 6) is -0.121. The molecule has 6 heteroatoms. The van der Waals surface area contributed by atoms with E-state index in [4.69, 9.17) is 4.74 Å². The molecule has 0 unspecified atom stereocenters. The fourth-order valence-electron chi connectivity index (χ4n) is 4.10. The van der Waals surface area contributed by atoms with Gasteiger partial charge >= 0.3 is 0 Å². The number of thiophene rings is 1. The van der Waals surface area contributed by atoms with Crippen LogP contribution >= 0.6 is 11.3 Å². The Kier molecular flexibility index (Phi) is 7.67. The van der Waals surface area contributed by atoms with Crippen molar-refractivity contribution >= 4 is 23.2 Å². The van der Waals surface area contributed by atoms with Gasteiger partial charge in [-0.2, -0.15) is 0 Å². The van der Waals surface area contributed by atoms with E-state index >= 15 is 0 Å². The number of carbonyl (C=O) groups is 2. The number of amides is 2. The lowest BCUT2D eigenvalue weighted by Gasteiger charge is -2.38. The van der Waals surface area contributed by atoms with Crippen molar-refractivity contribution in [3.63, 3.8) is 0 Å². The summed E-state index contributed by atoms with van der Waals surface area (Å²) in [5, 5.41) is 2.11. The maximum atomic E-state index is 13.5. The number of aryl methyl sites for hydroxylation is 1. The van der Waals surface area contributed by atoms with Crippen LogP contribution in [0.1, 0.15) is 47.9 Å². The number of fused-ring (bicyclic) bond motifs is 1. The number of hydrogen-bond acceptors (Lipinski definition) is 4. The average Bonchev–Trinajstić information content (AvgIpc) is 3.21. The van der Waals surface area contributed by atoms with Crippen LogP contribution in [0.3, 0.4) is 0 Å². The van der Waals surface area contributed by atoms with Crippen LogP contribution in [0.2, 0.25) is 0 Å². The molecule has 2 amide bonds. The van der Waals surface area contributed by atoms with Gasteiger partial charge in [0, 0.05) is 37.6 Å². The fraction of sp³-hybridized carbons (Fsp3) is 0.500. The maximum Gasteiger partial charge on any atom is 0.242 e. The van der Waals surface area contributed by atoms with Crippen LogP contribution in [-0.2, 0) is 20.7 Å². The van der Waals surface area contributed by atoms with E-state index < -0.39 is 0 Å². The predicted octanol–water partition coefficient (Wildman–Crippen LogP) is 4.05. The lowest BCUT2D eigenvalue weighted by atomic mass is 9.90. The van der Waals surface area contributed by atoms with Crippen molar-refractivity contribution < 1.29 is 14.3 Å². The van der Waals surface area contributed by atoms with E-state index in [2.05, 4.69) is 30.5 Å². The number of nitrogens with zero attached hydrogens (tertiary/aromatic N) is 2. The minimum Gasteiger partial charge on any atom is -0.385 e. The van der Waals surface area contributed by atoms with Gasteiger partial charge in [-0.15, -0.1) is 11.3 Å². The molecule has 3 rings (SSSR count). The molecule has 1 aliphatic rings. The van der Waals surface area contributed by atoms with Crippen LogP contribution in [0.4, 0.5) is 0 Å². The molecule has 0 saturated heterocycles. The van der Waals surface area contributed by atoms with Gasteiger partial charge in [0.2, 0.25) is 11.8 Å². The van der Waals surface area contributed by atoms with Crippen molar-refractivity contribution in [2.75, 3.05) is 33.4 Å². The minimum absolute atomic E-state index is 0.00604. The topological polar surface area (TPSA) is 49.9 Å². The zero-order chi connectivity index (χ0) is 21.7. The van der Waals surface area contributed by atoms with Gasteiger partial charge in [0.05, 0.1) is 12.6 Å². The van der Waals surface area contributed by atoms with Crippen molar-refractivity contribution in [3.05, 3.63) is 57.3 Å². The molecule has 162 valence electrons. The molecule has 2 aromatic rings. The number of rotatable bonds is 8. The van der Waals surface area contributed by atoms with Crippen LogP contribution in [0.5, 0.6) is 0 Å². The Balaban J connectivity index is 1.87. The fourth-order valence-corrected chi connectivity index (χ4v) is 5.00. The quantitative estimate of drug-likeness (QED) is 0.596. The van der Waals surface area contributed by atoms with Crippen LogP contribution in [-0.4, -0.2) is 55.0 Å². The summed E-state index contributed by atoms with van der Waals surface area (Å²) in [5.41, 5.74) is 3.55. The second-order valence-electron chi connectivity index (χ2n) is 8.16. The molecule has 1 aromatic carbocycles. The van der Waals surface area contributed by atoms with Crippen molar-refractivity contribution in [2.45, 2.75) is 39.7 Å². The Morgan fingerprint density at radius 3 is 2.70 bits per heavy atom. The Bertz CT molecular complexity index is 877. The Hall–Kier alpha value is -2.18. The van der Waals surface area contributed by atoms with Gasteiger partial charge in [0.1, 0.15) is 0 Å². The number of hydrogen-bond donors (Lipinski definition) is 0. The highest BCUT2D eigenvalue weighted by Gasteiger charge is 2.34. The Labute approximate surface area is 183 Å². The first kappa shape index (κ1) is 22.5. The summed E-state index contributed by atoms with van der Waals surface area (Å²) in [6, 6.07) is 10.3. The van der Waals surface area contributed by atoms with Gasteiger partial charge in [-0.25, -0.2) is 0 Å². The first-order valence-electron chi connectivity index (χ1n) is 10.6. The minimum atomic E-state index is -0.141. The highest BCUT2D eigenvalue weighted by molar-refractivity contribution is 7.10. The molecular formula is C24H32N2O3S. The molecule has 1 aromatic heterocycles. The van der Waals surface area contributed by atoms with Crippen LogP contribution in [0.25, 0.3) is 0 Å². The van der Waals surface area contributed by atoms with Crippen LogP contribution in [0.15, 0.2) is 35.7 Å². The van der Waals surface area contributed by atoms with Gasteiger partial charge in [-0.05, 0) is 47.9 Å². The van der Waals surface area contributed by atoms with Gasteiger partial charge in [-0.1, -0.05) is 38.1 Å². The van der Waals surface area contributed by atoms with Gasteiger partial charge in [-0.3, -0.25) is 9.59 Å². The molecule has 1 aliphatic heterocycles. The normalized spacial score (nSPS) is 15.9. The molecule has 2 heterocycles. The van der Waals surface area contributed by atoms with E-state index in [0.29, 0.717) is 19.7 Å². The van der Waals surface area contributed by atoms with E-state index in [1.54, 1.807) is 23.3 Å². The third kappa shape index (κ3) is 4.93. The molecule has 0 saturated carbocycles. The summed E-state index contributed by atoms with van der Waals surface area (Å²) >= 11 is 1.76. The average molecular weight is 429 g/mol. The summed E-state index contributed by atoms with van der Waals surface area (Å²) in [7, 11) is 1.65. The summed E-state index contributed by atoms with van der Waals surface area (Å²) in [6.07, 6.45) is 1.58. The van der Waals surface area contributed by atoms with Crippen molar-refractivity contribution in [1.29, 1.82) is 0 Å². The van der Waals surface area contributed by atoms with E-state index in [1.807, 2.05) is 30.9 Å². The van der Waals surface area contributed by atoms with Gasteiger partial charge in [0.25, 0.3) is 0 Å². The second kappa shape index (κ2) is 10.2. The van der Waals surface area contributed by atoms with Crippen molar-refractivity contribution in [2.24, 2.45) is 5.92 Å². The summed E-state index contributed by atoms with van der Waals surface area (Å²) in [6.45, 7) is 7.75. The Morgan fingerprint density at radius 2 is 2.00 bits per heavy atom. The summed E-state index contributed by atoms with van der Waals surface area (Å²) < 4.78 is 5.14. The monoisotopic (exact) mass is 428 g/mol. The van der Waals surface area contributed by atoms with Gasteiger partial charge in [0.15, 0.2) is 0 Å². The zero-order valence-corrected chi connectivity index (χ0v) is 19.2. The number of ether oxygens (including phenoxy) is 1. The second-order valence-corrected chi connectivity index (χ2v) is 9.16. The third-order valence-electron chi connectivity index (χ3n) is 5.68. The SMILES string of the molecule is COCCCN(CC(=O)N1CCc2sccc2[C@@H]1c1ccccc1C)C(=O)C(C)C. The third-order valence-corrected chi connectivity index (χ3v) is 6.67. The molecule has 0 N–H and O–H groups in total.